The molecule has 2 aliphatic rings. The van der Waals surface area contributed by atoms with E-state index in [-0.39, 0.29) is 0 Å². The van der Waals surface area contributed by atoms with Crippen LogP contribution in [0.5, 0.6) is 0 Å². The molecule has 2 heterocycles. The van der Waals surface area contributed by atoms with E-state index in [1.54, 1.807) is 5.56 Å². The Morgan fingerprint density at radius 1 is 1.23 bits per heavy atom. The first kappa shape index (κ1) is 15.8. The van der Waals surface area contributed by atoms with Gasteiger partial charge < -0.3 is 15.5 Å². The van der Waals surface area contributed by atoms with Crippen LogP contribution in [-0.4, -0.2) is 32.2 Å². The minimum atomic E-state index is 0.579. The second kappa shape index (κ2) is 7.98. The predicted molar refractivity (Wildman–Crippen MR) is 94.6 cm³/mol. The SMILES string of the molecule is CCCCNC[C@H]1Cc2c(cccc2N2CCCCC2)CN1. The Morgan fingerprint density at radius 3 is 2.91 bits per heavy atom. The summed E-state index contributed by atoms with van der Waals surface area (Å²) in [5.74, 6) is 0. The lowest BCUT2D eigenvalue weighted by molar-refractivity contribution is 0.444. The Morgan fingerprint density at radius 2 is 2.09 bits per heavy atom. The van der Waals surface area contributed by atoms with Gasteiger partial charge in [0.1, 0.15) is 0 Å². The van der Waals surface area contributed by atoms with E-state index in [4.69, 9.17) is 0 Å². The van der Waals surface area contributed by atoms with Crippen LogP contribution in [0.1, 0.15) is 50.2 Å². The Kier molecular flexibility index (Phi) is 5.74. The first-order chi connectivity index (χ1) is 10.9. The fraction of sp³-hybridized carbons (Fsp3) is 0.684. The number of hydrogen-bond acceptors (Lipinski definition) is 3. The van der Waals surface area contributed by atoms with Crippen molar-refractivity contribution < 1.29 is 0 Å². The molecule has 0 spiro atoms. The van der Waals surface area contributed by atoms with Crippen molar-refractivity contribution in [3.63, 3.8) is 0 Å². The minimum absolute atomic E-state index is 0.579. The van der Waals surface area contributed by atoms with Gasteiger partial charge in [0.15, 0.2) is 0 Å². The summed E-state index contributed by atoms with van der Waals surface area (Å²) in [5.41, 5.74) is 4.62. The molecule has 1 aromatic carbocycles. The minimum Gasteiger partial charge on any atom is -0.371 e. The number of fused-ring (bicyclic) bond motifs is 1. The summed E-state index contributed by atoms with van der Waals surface area (Å²) in [6.07, 6.45) is 7.82. The van der Waals surface area contributed by atoms with Crippen LogP contribution in [0.2, 0.25) is 0 Å². The monoisotopic (exact) mass is 301 g/mol. The highest BCUT2D eigenvalue weighted by Crippen LogP contribution is 2.30. The molecule has 1 aromatic rings. The van der Waals surface area contributed by atoms with E-state index in [0.717, 1.165) is 19.6 Å². The molecule has 3 nitrogen and oxygen atoms in total. The molecular weight excluding hydrogens is 270 g/mol. The second-order valence-electron chi connectivity index (χ2n) is 6.80. The van der Waals surface area contributed by atoms with Crippen LogP contribution in [-0.2, 0) is 13.0 Å². The molecule has 3 rings (SSSR count). The quantitative estimate of drug-likeness (QED) is 0.791. The van der Waals surface area contributed by atoms with E-state index in [2.05, 4.69) is 40.7 Å². The number of anilines is 1. The normalized spacial score (nSPS) is 21.7. The molecule has 2 aliphatic heterocycles. The Labute approximate surface area is 135 Å². The van der Waals surface area contributed by atoms with E-state index < -0.39 is 0 Å². The summed E-state index contributed by atoms with van der Waals surface area (Å²) in [7, 11) is 0. The molecule has 1 saturated heterocycles. The molecule has 22 heavy (non-hydrogen) atoms. The van der Waals surface area contributed by atoms with Gasteiger partial charge in [-0.25, -0.2) is 0 Å². The summed E-state index contributed by atoms with van der Waals surface area (Å²) >= 11 is 0. The maximum atomic E-state index is 3.70. The molecule has 0 radical (unpaired) electrons. The van der Waals surface area contributed by atoms with Crippen molar-refractivity contribution in [1.82, 2.24) is 10.6 Å². The van der Waals surface area contributed by atoms with Gasteiger partial charge in [0.2, 0.25) is 0 Å². The van der Waals surface area contributed by atoms with Crippen LogP contribution in [0.3, 0.4) is 0 Å². The van der Waals surface area contributed by atoms with Crippen molar-refractivity contribution in [2.45, 2.75) is 58.0 Å². The third-order valence-corrected chi connectivity index (χ3v) is 5.07. The van der Waals surface area contributed by atoms with Gasteiger partial charge in [0.05, 0.1) is 0 Å². The molecular formula is C19H31N3. The van der Waals surface area contributed by atoms with Gasteiger partial charge in [-0.05, 0) is 55.8 Å². The topological polar surface area (TPSA) is 27.3 Å². The number of benzene rings is 1. The summed E-state index contributed by atoms with van der Waals surface area (Å²) in [5, 5.41) is 7.31. The zero-order valence-electron chi connectivity index (χ0n) is 14.0. The first-order valence-electron chi connectivity index (χ1n) is 9.18. The van der Waals surface area contributed by atoms with E-state index in [1.807, 2.05) is 0 Å². The zero-order valence-corrected chi connectivity index (χ0v) is 14.0. The largest absolute Gasteiger partial charge is 0.371 e. The molecule has 0 amide bonds. The van der Waals surface area contributed by atoms with Gasteiger partial charge in [-0.3, -0.25) is 0 Å². The standard InChI is InChI=1S/C19H31N3/c1-2-3-10-20-15-17-13-18-16(14-21-17)8-7-9-19(18)22-11-5-4-6-12-22/h7-9,17,20-21H,2-6,10-15H2,1H3/t17-/m1/s1. The van der Waals surface area contributed by atoms with Crippen LogP contribution in [0, 0.1) is 0 Å². The van der Waals surface area contributed by atoms with Crippen LogP contribution < -0.4 is 15.5 Å². The Balaban J connectivity index is 1.66. The fourth-order valence-corrected chi connectivity index (χ4v) is 3.75. The summed E-state index contributed by atoms with van der Waals surface area (Å²) in [4.78, 5) is 2.62. The van der Waals surface area contributed by atoms with Gasteiger partial charge in [0, 0.05) is 37.9 Å². The first-order valence-corrected chi connectivity index (χ1v) is 9.18. The number of nitrogens with one attached hydrogen (secondary N) is 2. The number of rotatable bonds is 6. The van der Waals surface area contributed by atoms with Crippen molar-refractivity contribution in [3.05, 3.63) is 29.3 Å². The fourth-order valence-electron chi connectivity index (χ4n) is 3.75. The molecule has 0 unspecified atom stereocenters. The lowest BCUT2D eigenvalue weighted by Crippen LogP contribution is -2.44. The highest BCUT2D eigenvalue weighted by molar-refractivity contribution is 5.58. The molecule has 0 aliphatic carbocycles. The van der Waals surface area contributed by atoms with E-state index in [0.29, 0.717) is 6.04 Å². The van der Waals surface area contributed by atoms with Crippen LogP contribution in [0.15, 0.2) is 18.2 Å². The van der Waals surface area contributed by atoms with Gasteiger partial charge in [-0.15, -0.1) is 0 Å². The van der Waals surface area contributed by atoms with Gasteiger partial charge in [-0.1, -0.05) is 25.5 Å². The van der Waals surface area contributed by atoms with Gasteiger partial charge >= 0.3 is 0 Å². The van der Waals surface area contributed by atoms with Crippen LogP contribution in [0.4, 0.5) is 5.69 Å². The summed E-state index contributed by atoms with van der Waals surface area (Å²) < 4.78 is 0. The Bertz CT molecular complexity index is 466. The van der Waals surface area contributed by atoms with Crippen molar-refractivity contribution in [3.8, 4) is 0 Å². The number of piperidine rings is 1. The summed E-state index contributed by atoms with van der Waals surface area (Å²) in [6.45, 7) is 7.99. The average Bonchev–Trinajstić information content (AvgIpc) is 2.59. The average molecular weight is 301 g/mol. The van der Waals surface area contributed by atoms with E-state index in [1.165, 1.54) is 62.9 Å². The Hall–Kier alpha value is -1.06. The van der Waals surface area contributed by atoms with E-state index in [9.17, 15) is 0 Å². The van der Waals surface area contributed by atoms with Crippen LogP contribution in [0.25, 0.3) is 0 Å². The number of unbranched alkanes of at least 4 members (excludes halogenated alkanes) is 1. The molecule has 122 valence electrons. The molecule has 2 N–H and O–H groups in total. The molecule has 3 heteroatoms. The van der Waals surface area contributed by atoms with Crippen molar-refractivity contribution in [2.24, 2.45) is 0 Å². The van der Waals surface area contributed by atoms with Crippen LogP contribution >= 0.6 is 0 Å². The smallest absolute Gasteiger partial charge is 0.0402 e. The van der Waals surface area contributed by atoms with Crippen molar-refractivity contribution >= 4 is 5.69 Å². The molecule has 0 aromatic heterocycles. The van der Waals surface area contributed by atoms with Gasteiger partial charge in [0.25, 0.3) is 0 Å². The zero-order chi connectivity index (χ0) is 15.2. The predicted octanol–water partition coefficient (Wildman–Crippen LogP) is 3.08. The van der Waals surface area contributed by atoms with Gasteiger partial charge in [-0.2, -0.15) is 0 Å². The lowest BCUT2D eigenvalue weighted by Gasteiger charge is -2.35. The summed E-state index contributed by atoms with van der Waals surface area (Å²) in [6, 6.07) is 7.47. The highest BCUT2D eigenvalue weighted by Gasteiger charge is 2.23. The molecule has 0 bridgehead atoms. The number of nitrogens with zero attached hydrogens (tertiary/aromatic N) is 1. The lowest BCUT2D eigenvalue weighted by atomic mass is 9.93. The third kappa shape index (κ3) is 3.82. The second-order valence-corrected chi connectivity index (χ2v) is 6.80. The number of hydrogen-bond donors (Lipinski definition) is 2. The highest BCUT2D eigenvalue weighted by atomic mass is 15.1. The van der Waals surface area contributed by atoms with Crippen molar-refractivity contribution in [1.29, 1.82) is 0 Å². The molecule has 1 atom stereocenters. The van der Waals surface area contributed by atoms with E-state index >= 15 is 0 Å². The third-order valence-electron chi connectivity index (χ3n) is 5.07. The van der Waals surface area contributed by atoms with Crippen molar-refractivity contribution in [2.75, 3.05) is 31.1 Å². The molecule has 1 fully saturated rings. The maximum Gasteiger partial charge on any atom is 0.0402 e. The maximum absolute atomic E-state index is 3.70. The molecule has 0 saturated carbocycles.